The van der Waals surface area contributed by atoms with Crippen LogP contribution in [0.1, 0.15) is 44.6 Å². The summed E-state index contributed by atoms with van der Waals surface area (Å²) in [5.41, 5.74) is -0.324. The molecule has 0 saturated carbocycles. The molecule has 3 rings (SSSR count). The Morgan fingerprint density at radius 3 is 2.74 bits per heavy atom. The molecule has 1 unspecified atom stereocenters. The van der Waals surface area contributed by atoms with Crippen LogP contribution in [0.5, 0.6) is 0 Å². The number of ether oxygens (including phenoxy) is 1. The molecule has 1 aliphatic heterocycles. The monoisotopic (exact) mass is 469 g/mol. The summed E-state index contributed by atoms with van der Waals surface area (Å²) in [5.74, 6) is -0.508. The molecule has 0 aliphatic carbocycles. The fourth-order valence-corrected chi connectivity index (χ4v) is 4.99. The Labute approximate surface area is 187 Å². The maximum absolute atomic E-state index is 13.2. The first-order valence-corrected chi connectivity index (χ1v) is 12.4. The predicted molar refractivity (Wildman–Crippen MR) is 118 cm³/mol. The van der Waals surface area contributed by atoms with Crippen molar-refractivity contribution in [1.29, 1.82) is 0 Å². The molecular weight excluding hydrogens is 442 g/mol. The van der Waals surface area contributed by atoms with Gasteiger partial charge in [0.05, 0.1) is 34.1 Å². The third-order valence-electron chi connectivity index (χ3n) is 5.04. The fourth-order valence-electron chi connectivity index (χ4n) is 3.65. The van der Waals surface area contributed by atoms with Crippen LogP contribution in [0.2, 0.25) is 5.02 Å². The van der Waals surface area contributed by atoms with Crippen LogP contribution < -0.4 is 5.32 Å². The molecule has 2 heterocycles. The van der Waals surface area contributed by atoms with E-state index in [1.807, 2.05) is 0 Å². The van der Waals surface area contributed by atoms with Crippen molar-refractivity contribution >= 4 is 33.2 Å². The van der Waals surface area contributed by atoms with Crippen molar-refractivity contribution < 1.29 is 23.1 Å². The minimum atomic E-state index is -3.47. The van der Waals surface area contributed by atoms with Crippen LogP contribution in [0.3, 0.4) is 0 Å². The summed E-state index contributed by atoms with van der Waals surface area (Å²) in [5, 5.41) is 17.1. The van der Waals surface area contributed by atoms with Gasteiger partial charge in [-0.3, -0.25) is 9.48 Å². The summed E-state index contributed by atoms with van der Waals surface area (Å²) in [6.07, 6.45) is 4.96. The van der Waals surface area contributed by atoms with Gasteiger partial charge in [-0.1, -0.05) is 17.7 Å². The summed E-state index contributed by atoms with van der Waals surface area (Å²) in [6.45, 7) is 4.29. The highest BCUT2D eigenvalue weighted by molar-refractivity contribution is 7.90. The zero-order valence-electron chi connectivity index (χ0n) is 17.8. The van der Waals surface area contributed by atoms with E-state index in [2.05, 4.69) is 10.4 Å². The third-order valence-corrected chi connectivity index (χ3v) is 6.62. The summed E-state index contributed by atoms with van der Waals surface area (Å²) in [6, 6.07) is 6.24. The fraction of sp³-hybridized carbons (Fsp3) is 0.524. The number of aromatic nitrogens is 2. The van der Waals surface area contributed by atoms with Crippen molar-refractivity contribution in [3.63, 3.8) is 0 Å². The summed E-state index contributed by atoms with van der Waals surface area (Å²) >= 11 is 6.22. The molecule has 2 N–H and O–H groups in total. The molecular formula is C21H28ClN3O5S. The first-order valence-electron chi connectivity index (χ1n) is 10.1. The van der Waals surface area contributed by atoms with E-state index >= 15 is 0 Å². The number of sulfone groups is 1. The molecule has 10 heteroatoms. The van der Waals surface area contributed by atoms with E-state index in [4.69, 9.17) is 16.3 Å². The van der Waals surface area contributed by atoms with E-state index in [1.54, 1.807) is 36.9 Å². The Morgan fingerprint density at radius 2 is 2.16 bits per heavy atom. The lowest BCUT2D eigenvalue weighted by Gasteiger charge is -2.21. The number of amides is 1. The number of carbonyl (C=O) groups excluding carboxylic acids is 1. The molecule has 1 aromatic heterocycles. The molecule has 1 amide bonds. The van der Waals surface area contributed by atoms with Gasteiger partial charge in [-0.05, 0) is 50.8 Å². The number of aliphatic hydroxyl groups is 1. The molecule has 31 heavy (non-hydrogen) atoms. The van der Waals surface area contributed by atoms with Crippen molar-refractivity contribution in [2.24, 2.45) is 0 Å². The van der Waals surface area contributed by atoms with Gasteiger partial charge >= 0.3 is 0 Å². The summed E-state index contributed by atoms with van der Waals surface area (Å²) < 4.78 is 31.0. The smallest absolute Gasteiger partial charge is 0.233 e. The van der Waals surface area contributed by atoms with Crippen molar-refractivity contribution in [2.45, 2.75) is 62.2 Å². The lowest BCUT2D eigenvalue weighted by Crippen LogP contribution is -2.27. The Kier molecular flexibility index (Phi) is 7.10. The van der Waals surface area contributed by atoms with E-state index in [-0.39, 0.29) is 28.5 Å². The van der Waals surface area contributed by atoms with Crippen LogP contribution >= 0.6 is 11.6 Å². The predicted octanol–water partition coefficient (Wildman–Crippen LogP) is 3.00. The first kappa shape index (κ1) is 23.7. The molecule has 8 nitrogen and oxygen atoms in total. The lowest BCUT2D eigenvalue weighted by atomic mass is 9.91. The maximum atomic E-state index is 13.2. The van der Waals surface area contributed by atoms with Crippen molar-refractivity contribution in [3.8, 4) is 0 Å². The number of rotatable bonds is 8. The van der Waals surface area contributed by atoms with Gasteiger partial charge in [-0.25, -0.2) is 8.42 Å². The number of nitrogens with one attached hydrogen (secondary N) is 1. The van der Waals surface area contributed by atoms with Crippen LogP contribution in [-0.4, -0.2) is 53.8 Å². The van der Waals surface area contributed by atoms with Gasteiger partial charge in [-0.15, -0.1) is 0 Å². The number of hydrogen-bond donors (Lipinski definition) is 2. The Bertz CT molecular complexity index is 1040. The number of carbonyl (C=O) groups is 1. The molecule has 1 aliphatic rings. The SMILES string of the molecule is CC(C)(O)Cn1ccc(NC(=O)[C@H](CC2CCCO2)c2ccc(S(C)(=O)=O)c(Cl)c2)n1. The quantitative estimate of drug-likeness (QED) is 0.614. The standard InChI is InChI=1S/C21H28ClN3O5S/c1-21(2,27)13-25-9-8-19(24-25)23-20(26)16(12-15-5-4-10-30-15)14-6-7-18(17(22)11-14)31(3,28)29/h6-9,11,15-16,27H,4-5,10,12-13H2,1-3H3,(H,23,24,26)/t15?,16-/m1/s1. The normalized spacial score (nSPS) is 18.2. The Hall–Kier alpha value is -1.94. The van der Waals surface area contributed by atoms with Crippen LogP contribution in [-0.2, 0) is 25.9 Å². The van der Waals surface area contributed by atoms with E-state index in [0.717, 1.165) is 19.1 Å². The van der Waals surface area contributed by atoms with Crippen molar-refractivity contribution in [3.05, 3.63) is 41.0 Å². The molecule has 0 spiro atoms. The minimum absolute atomic E-state index is 0.0274. The molecule has 1 saturated heterocycles. The van der Waals surface area contributed by atoms with Crippen LogP contribution in [0, 0.1) is 0 Å². The molecule has 2 atom stereocenters. The van der Waals surface area contributed by atoms with E-state index in [0.29, 0.717) is 24.4 Å². The van der Waals surface area contributed by atoms with Gasteiger partial charge in [0.15, 0.2) is 15.7 Å². The van der Waals surface area contributed by atoms with Crippen LogP contribution in [0.4, 0.5) is 5.82 Å². The zero-order chi connectivity index (χ0) is 22.8. The van der Waals surface area contributed by atoms with Crippen molar-refractivity contribution in [2.75, 3.05) is 18.2 Å². The molecule has 2 aromatic rings. The van der Waals surface area contributed by atoms with Crippen LogP contribution in [0.15, 0.2) is 35.4 Å². The lowest BCUT2D eigenvalue weighted by molar-refractivity contribution is -0.118. The molecule has 170 valence electrons. The summed E-state index contributed by atoms with van der Waals surface area (Å²) in [7, 11) is -3.47. The average Bonchev–Trinajstić information content (AvgIpc) is 3.29. The van der Waals surface area contributed by atoms with Gasteiger partial charge in [-0.2, -0.15) is 5.10 Å². The van der Waals surface area contributed by atoms with Gasteiger partial charge in [0, 0.05) is 25.1 Å². The first-order chi connectivity index (χ1) is 14.4. The largest absolute Gasteiger partial charge is 0.389 e. The highest BCUT2D eigenvalue weighted by Crippen LogP contribution is 2.32. The Morgan fingerprint density at radius 1 is 1.42 bits per heavy atom. The highest BCUT2D eigenvalue weighted by Gasteiger charge is 2.29. The molecule has 1 fully saturated rings. The number of benzene rings is 1. The highest BCUT2D eigenvalue weighted by atomic mass is 35.5. The van der Waals surface area contributed by atoms with Gasteiger partial charge in [0.2, 0.25) is 5.91 Å². The van der Waals surface area contributed by atoms with E-state index in [9.17, 15) is 18.3 Å². The van der Waals surface area contributed by atoms with E-state index in [1.165, 1.54) is 12.1 Å². The third kappa shape index (κ3) is 6.52. The molecule has 0 bridgehead atoms. The number of halogens is 1. The second-order valence-electron chi connectivity index (χ2n) is 8.59. The molecule has 1 aromatic carbocycles. The number of nitrogens with zero attached hydrogens (tertiary/aromatic N) is 2. The summed E-state index contributed by atoms with van der Waals surface area (Å²) in [4.78, 5) is 13.2. The molecule has 0 radical (unpaired) electrons. The topological polar surface area (TPSA) is 111 Å². The zero-order valence-corrected chi connectivity index (χ0v) is 19.4. The minimum Gasteiger partial charge on any atom is -0.389 e. The van der Waals surface area contributed by atoms with E-state index < -0.39 is 21.4 Å². The number of hydrogen-bond acceptors (Lipinski definition) is 6. The average molecular weight is 470 g/mol. The van der Waals surface area contributed by atoms with Gasteiger partial charge in [0.25, 0.3) is 0 Å². The second-order valence-corrected chi connectivity index (χ2v) is 11.0. The Balaban J connectivity index is 1.83. The van der Waals surface area contributed by atoms with Gasteiger partial charge < -0.3 is 15.2 Å². The number of anilines is 1. The second kappa shape index (κ2) is 9.28. The van der Waals surface area contributed by atoms with Crippen LogP contribution in [0.25, 0.3) is 0 Å². The van der Waals surface area contributed by atoms with Gasteiger partial charge in [0.1, 0.15) is 0 Å². The maximum Gasteiger partial charge on any atom is 0.233 e. The van der Waals surface area contributed by atoms with Crippen molar-refractivity contribution in [1.82, 2.24) is 9.78 Å².